The molecule has 1 heterocycles. The van der Waals surface area contributed by atoms with Crippen molar-refractivity contribution in [2.45, 2.75) is 40.7 Å². The number of hydrogen-bond donors (Lipinski definition) is 1. The van der Waals surface area contributed by atoms with Gasteiger partial charge in [-0.1, -0.05) is 26.0 Å². The summed E-state index contributed by atoms with van der Waals surface area (Å²) in [6.45, 7) is 11.1. The molecule has 0 aliphatic carbocycles. The molecule has 1 aromatic heterocycles. The Kier molecular flexibility index (Phi) is 4.94. The monoisotopic (exact) mass is 287 g/mol. The molecule has 0 bridgehead atoms. The molecule has 0 fully saturated rings. The van der Waals surface area contributed by atoms with Crippen LogP contribution in [0, 0.1) is 19.8 Å². The normalized spacial score (nSPS) is 12.5. The van der Waals surface area contributed by atoms with Crippen LogP contribution in [0.4, 0.5) is 5.69 Å². The van der Waals surface area contributed by atoms with Gasteiger partial charge in [-0.05, 0) is 44.9 Å². The molecule has 21 heavy (non-hydrogen) atoms. The third-order valence-electron chi connectivity index (χ3n) is 3.38. The van der Waals surface area contributed by atoms with Crippen molar-refractivity contribution < 1.29 is 9.15 Å². The van der Waals surface area contributed by atoms with Crippen molar-refractivity contribution in [1.82, 2.24) is 0 Å². The van der Waals surface area contributed by atoms with Gasteiger partial charge in [-0.15, -0.1) is 0 Å². The van der Waals surface area contributed by atoms with Crippen molar-refractivity contribution in [3.63, 3.8) is 0 Å². The van der Waals surface area contributed by atoms with Crippen LogP contribution in [0.5, 0.6) is 5.75 Å². The lowest BCUT2D eigenvalue weighted by Gasteiger charge is -2.18. The van der Waals surface area contributed by atoms with Gasteiger partial charge >= 0.3 is 0 Å². The molecule has 3 nitrogen and oxygen atoms in total. The summed E-state index contributed by atoms with van der Waals surface area (Å²) < 4.78 is 11.5. The van der Waals surface area contributed by atoms with Crippen molar-refractivity contribution in [2.24, 2.45) is 5.92 Å². The molecular formula is C18H25NO2. The van der Waals surface area contributed by atoms with E-state index in [1.807, 2.05) is 32.0 Å². The van der Waals surface area contributed by atoms with Crippen LogP contribution in [0.15, 0.2) is 34.7 Å². The second-order valence-corrected chi connectivity index (χ2v) is 5.94. The van der Waals surface area contributed by atoms with Crippen molar-refractivity contribution in [2.75, 3.05) is 11.9 Å². The Bertz CT molecular complexity index is 587. The maximum Gasteiger partial charge on any atom is 0.142 e. The van der Waals surface area contributed by atoms with E-state index < -0.39 is 0 Å². The van der Waals surface area contributed by atoms with Gasteiger partial charge in [-0.25, -0.2) is 0 Å². The van der Waals surface area contributed by atoms with Crippen LogP contribution in [0.1, 0.15) is 43.9 Å². The van der Waals surface area contributed by atoms with Crippen LogP contribution in [0.25, 0.3) is 0 Å². The summed E-state index contributed by atoms with van der Waals surface area (Å²) in [4.78, 5) is 0. The van der Waals surface area contributed by atoms with Gasteiger partial charge in [0.05, 0.1) is 18.3 Å². The SMILES string of the molecule is Cc1cc(C(C)Nc2ccccc2OCC(C)C)c(C)o1. The fourth-order valence-corrected chi connectivity index (χ4v) is 2.36. The molecule has 114 valence electrons. The summed E-state index contributed by atoms with van der Waals surface area (Å²) in [5.41, 5.74) is 2.20. The molecule has 0 aliphatic rings. The molecule has 1 unspecified atom stereocenters. The van der Waals surface area contributed by atoms with Gasteiger partial charge in [0.25, 0.3) is 0 Å². The largest absolute Gasteiger partial charge is 0.491 e. The summed E-state index contributed by atoms with van der Waals surface area (Å²) in [6, 6.07) is 10.3. The molecule has 0 aliphatic heterocycles. The summed E-state index contributed by atoms with van der Waals surface area (Å²) in [5, 5.41) is 3.52. The van der Waals surface area contributed by atoms with Crippen molar-refractivity contribution in [3.05, 3.63) is 47.4 Å². The topological polar surface area (TPSA) is 34.4 Å². The van der Waals surface area contributed by atoms with Crippen LogP contribution < -0.4 is 10.1 Å². The molecule has 0 saturated heterocycles. The van der Waals surface area contributed by atoms with Gasteiger partial charge < -0.3 is 14.5 Å². The van der Waals surface area contributed by atoms with Gasteiger partial charge in [0, 0.05) is 5.56 Å². The number of rotatable bonds is 6. The smallest absolute Gasteiger partial charge is 0.142 e. The van der Waals surface area contributed by atoms with Crippen molar-refractivity contribution in [1.29, 1.82) is 0 Å². The van der Waals surface area contributed by atoms with E-state index in [2.05, 4.69) is 38.2 Å². The highest BCUT2D eigenvalue weighted by molar-refractivity contribution is 5.57. The number of ether oxygens (including phenoxy) is 1. The van der Waals surface area contributed by atoms with E-state index in [1.165, 1.54) is 5.56 Å². The molecule has 0 radical (unpaired) electrons. The molecular weight excluding hydrogens is 262 g/mol. The fraction of sp³-hybridized carbons (Fsp3) is 0.444. The third kappa shape index (κ3) is 4.03. The maximum absolute atomic E-state index is 5.88. The molecule has 1 aromatic carbocycles. The minimum Gasteiger partial charge on any atom is -0.491 e. The summed E-state index contributed by atoms with van der Waals surface area (Å²) >= 11 is 0. The van der Waals surface area contributed by atoms with E-state index in [-0.39, 0.29) is 6.04 Å². The second-order valence-electron chi connectivity index (χ2n) is 5.94. The quantitative estimate of drug-likeness (QED) is 0.802. The fourth-order valence-electron chi connectivity index (χ4n) is 2.36. The Morgan fingerprint density at radius 2 is 1.86 bits per heavy atom. The average molecular weight is 287 g/mol. The van der Waals surface area contributed by atoms with Gasteiger partial charge in [0.2, 0.25) is 0 Å². The Morgan fingerprint density at radius 3 is 2.48 bits per heavy atom. The number of aryl methyl sites for hydroxylation is 2. The maximum atomic E-state index is 5.88. The minimum absolute atomic E-state index is 0.172. The first-order chi connectivity index (χ1) is 9.97. The number of benzene rings is 1. The Hall–Kier alpha value is -1.90. The highest BCUT2D eigenvalue weighted by Gasteiger charge is 2.14. The van der Waals surface area contributed by atoms with Crippen LogP contribution in [-0.2, 0) is 0 Å². The second kappa shape index (κ2) is 6.70. The molecule has 3 heteroatoms. The van der Waals surface area contributed by atoms with E-state index in [1.54, 1.807) is 0 Å². The predicted octanol–water partition coefficient (Wildman–Crippen LogP) is 5.10. The van der Waals surface area contributed by atoms with Crippen LogP contribution in [0.3, 0.4) is 0 Å². The van der Waals surface area contributed by atoms with Gasteiger partial charge in [0.15, 0.2) is 0 Å². The zero-order valence-corrected chi connectivity index (χ0v) is 13.6. The lowest BCUT2D eigenvalue weighted by molar-refractivity contribution is 0.272. The number of para-hydroxylation sites is 2. The number of nitrogens with one attached hydrogen (secondary N) is 1. The van der Waals surface area contributed by atoms with Gasteiger partial charge in [-0.3, -0.25) is 0 Å². The van der Waals surface area contributed by atoms with Crippen LogP contribution >= 0.6 is 0 Å². The molecule has 0 amide bonds. The predicted molar refractivity (Wildman–Crippen MR) is 87.0 cm³/mol. The number of anilines is 1. The number of hydrogen-bond acceptors (Lipinski definition) is 3. The zero-order chi connectivity index (χ0) is 15.4. The Balaban J connectivity index is 2.13. The first-order valence-corrected chi connectivity index (χ1v) is 7.52. The van der Waals surface area contributed by atoms with E-state index in [4.69, 9.17) is 9.15 Å². The van der Waals surface area contributed by atoms with Crippen molar-refractivity contribution >= 4 is 5.69 Å². The van der Waals surface area contributed by atoms with Crippen LogP contribution in [0.2, 0.25) is 0 Å². The molecule has 2 aromatic rings. The third-order valence-corrected chi connectivity index (χ3v) is 3.38. The minimum atomic E-state index is 0.172. The molecule has 0 spiro atoms. The lowest BCUT2D eigenvalue weighted by Crippen LogP contribution is -2.10. The van der Waals surface area contributed by atoms with E-state index >= 15 is 0 Å². The van der Waals surface area contributed by atoms with Gasteiger partial charge in [-0.2, -0.15) is 0 Å². The summed E-state index contributed by atoms with van der Waals surface area (Å²) in [5.74, 6) is 3.32. The molecule has 0 saturated carbocycles. The lowest BCUT2D eigenvalue weighted by atomic mass is 10.1. The molecule has 2 rings (SSSR count). The van der Waals surface area contributed by atoms with Crippen LogP contribution in [-0.4, -0.2) is 6.61 Å². The highest BCUT2D eigenvalue weighted by Crippen LogP contribution is 2.30. The summed E-state index contributed by atoms with van der Waals surface area (Å²) in [6.07, 6.45) is 0. The first-order valence-electron chi connectivity index (χ1n) is 7.52. The highest BCUT2D eigenvalue weighted by atomic mass is 16.5. The van der Waals surface area contributed by atoms with E-state index in [0.29, 0.717) is 5.92 Å². The van der Waals surface area contributed by atoms with E-state index in [0.717, 1.165) is 29.6 Å². The number of furan rings is 1. The average Bonchev–Trinajstić information content (AvgIpc) is 2.76. The standard InChI is InChI=1S/C18H25NO2/c1-12(2)11-20-18-9-7-6-8-17(18)19-14(4)16-10-13(3)21-15(16)5/h6-10,12,14,19H,11H2,1-5H3. The van der Waals surface area contributed by atoms with E-state index in [9.17, 15) is 0 Å². The molecule has 1 atom stereocenters. The zero-order valence-electron chi connectivity index (χ0n) is 13.6. The molecule has 1 N–H and O–H groups in total. The Labute approximate surface area is 127 Å². The Morgan fingerprint density at radius 1 is 1.14 bits per heavy atom. The van der Waals surface area contributed by atoms with Gasteiger partial charge in [0.1, 0.15) is 17.3 Å². The first kappa shape index (κ1) is 15.5. The summed E-state index contributed by atoms with van der Waals surface area (Å²) in [7, 11) is 0. The van der Waals surface area contributed by atoms with Crippen molar-refractivity contribution in [3.8, 4) is 5.75 Å².